The van der Waals surface area contributed by atoms with E-state index in [0.717, 1.165) is 16.9 Å². The number of rotatable bonds is 6. The van der Waals surface area contributed by atoms with Crippen LogP contribution in [0.3, 0.4) is 0 Å². The molecule has 0 aliphatic heterocycles. The van der Waals surface area contributed by atoms with Gasteiger partial charge in [0.2, 0.25) is 5.91 Å². The first-order valence-corrected chi connectivity index (χ1v) is 8.12. The van der Waals surface area contributed by atoms with E-state index in [9.17, 15) is 4.79 Å². The topological polar surface area (TPSA) is 38.3 Å². The summed E-state index contributed by atoms with van der Waals surface area (Å²) in [4.78, 5) is 12.1. The Kier molecular flexibility index (Phi) is 6.31. The molecule has 0 saturated heterocycles. The molecular weight excluding hydrogens is 333 g/mol. The Bertz CT molecular complexity index is 671. The lowest BCUT2D eigenvalue weighted by Crippen LogP contribution is -2.26. The van der Waals surface area contributed by atoms with Crippen LogP contribution in [0, 0.1) is 0 Å². The van der Waals surface area contributed by atoms with E-state index in [2.05, 4.69) is 5.32 Å². The summed E-state index contributed by atoms with van der Waals surface area (Å²) in [5.41, 5.74) is 1.95. The molecule has 1 amide bonds. The average molecular weight is 352 g/mol. The summed E-state index contributed by atoms with van der Waals surface area (Å²) in [5.74, 6) is 0.781. The van der Waals surface area contributed by atoms with E-state index in [1.165, 1.54) is 0 Å². The zero-order valence-corrected chi connectivity index (χ0v) is 14.6. The predicted molar refractivity (Wildman–Crippen MR) is 94.3 cm³/mol. The van der Waals surface area contributed by atoms with Crippen LogP contribution in [0.25, 0.3) is 0 Å². The second kappa shape index (κ2) is 8.23. The highest BCUT2D eigenvalue weighted by molar-refractivity contribution is 6.35. The molecule has 1 unspecified atom stereocenters. The highest BCUT2D eigenvalue weighted by Crippen LogP contribution is 2.22. The molecular formula is C18H19Cl2NO2. The zero-order chi connectivity index (χ0) is 16.8. The molecule has 0 spiro atoms. The van der Waals surface area contributed by atoms with Crippen LogP contribution in [0.2, 0.25) is 10.0 Å². The van der Waals surface area contributed by atoms with Gasteiger partial charge in [-0.05, 0) is 48.7 Å². The number of carbonyl (C=O) groups is 1. The molecule has 2 rings (SSSR count). The first-order chi connectivity index (χ1) is 11.0. The molecule has 0 saturated carbocycles. The monoisotopic (exact) mass is 351 g/mol. The third-order valence-corrected chi connectivity index (χ3v) is 4.22. The van der Waals surface area contributed by atoms with Gasteiger partial charge in [-0.2, -0.15) is 0 Å². The van der Waals surface area contributed by atoms with Crippen LogP contribution in [0.15, 0.2) is 42.5 Å². The maximum absolute atomic E-state index is 12.1. The van der Waals surface area contributed by atoms with Gasteiger partial charge in [-0.15, -0.1) is 0 Å². The van der Waals surface area contributed by atoms with Gasteiger partial charge in [-0.1, -0.05) is 41.4 Å². The molecule has 0 bridgehead atoms. The van der Waals surface area contributed by atoms with E-state index in [0.29, 0.717) is 22.9 Å². The lowest BCUT2D eigenvalue weighted by atomic mass is 10.1. The van der Waals surface area contributed by atoms with E-state index < -0.39 is 0 Å². The summed E-state index contributed by atoms with van der Waals surface area (Å²) >= 11 is 12.0. The van der Waals surface area contributed by atoms with Crippen LogP contribution in [0.4, 0.5) is 0 Å². The highest BCUT2D eigenvalue weighted by atomic mass is 35.5. The Labute approximate surface area is 146 Å². The summed E-state index contributed by atoms with van der Waals surface area (Å²) in [6.45, 7) is 1.95. The molecule has 0 fully saturated rings. The molecule has 5 heteroatoms. The number of amides is 1. The van der Waals surface area contributed by atoms with Gasteiger partial charge in [-0.3, -0.25) is 4.79 Å². The summed E-state index contributed by atoms with van der Waals surface area (Å²) in [7, 11) is 1.63. The van der Waals surface area contributed by atoms with E-state index in [1.807, 2.05) is 37.3 Å². The van der Waals surface area contributed by atoms with Crippen molar-refractivity contribution in [1.82, 2.24) is 5.32 Å². The van der Waals surface area contributed by atoms with Gasteiger partial charge in [0.25, 0.3) is 0 Å². The van der Waals surface area contributed by atoms with Crippen molar-refractivity contribution >= 4 is 29.1 Å². The van der Waals surface area contributed by atoms with Crippen molar-refractivity contribution in [1.29, 1.82) is 0 Å². The van der Waals surface area contributed by atoms with E-state index in [1.54, 1.807) is 19.2 Å². The number of hydrogen-bond donors (Lipinski definition) is 1. The van der Waals surface area contributed by atoms with Crippen molar-refractivity contribution in [2.24, 2.45) is 0 Å². The second-order valence-electron chi connectivity index (χ2n) is 5.30. The van der Waals surface area contributed by atoms with Crippen molar-refractivity contribution in [3.63, 3.8) is 0 Å². The van der Waals surface area contributed by atoms with Crippen molar-refractivity contribution in [3.05, 3.63) is 63.6 Å². The molecule has 2 aromatic carbocycles. The Morgan fingerprint density at radius 2 is 1.87 bits per heavy atom. The number of methoxy groups -OCH3 is 1. The number of aryl methyl sites for hydroxylation is 1. The molecule has 0 aliphatic carbocycles. The van der Waals surface area contributed by atoms with E-state index in [-0.39, 0.29) is 11.9 Å². The van der Waals surface area contributed by atoms with Crippen LogP contribution in [0.1, 0.15) is 30.5 Å². The Balaban J connectivity index is 1.88. The predicted octanol–water partition coefficient (Wildman–Crippen LogP) is 4.81. The minimum absolute atomic E-state index is 0.0145. The van der Waals surface area contributed by atoms with Gasteiger partial charge in [0, 0.05) is 16.5 Å². The van der Waals surface area contributed by atoms with Crippen LogP contribution in [-0.4, -0.2) is 13.0 Å². The number of nitrogens with one attached hydrogen (secondary N) is 1. The molecule has 0 aromatic heterocycles. The maximum Gasteiger partial charge on any atom is 0.220 e. The number of benzene rings is 2. The maximum atomic E-state index is 12.1. The standard InChI is InChI=1S/C18H19Cl2NO2/c1-12(13-4-8-16(23-2)9-5-13)21-18(22)10-6-14-3-7-15(19)11-17(14)20/h3-5,7-9,11-12H,6,10H2,1-2H3,(H,21,22). The fourth-order valence-electron chi connectivity index (χ4n) is 2.26. The molecule has 122 valence electrons. The Hall–Kier alpha value is -1.71. The highest BCUT2D eigenvalue weighted by Gasteiger charge is 2.11. The number of carbonyl (C=O) groups excluding carboxylic acids is 1. The summed E-state index contributed by atoms with van der Waals surface area (Å²) in [6.07, 6.45) is 0.957. The van der Waals surface area contributed by atoms with Gasteiger partial charge >= 0.3 is 0 Å². The molecule has 0 aliphatic rings. The van der Waals surface area contributed by atoms with Gasteiger partial charge in [0.05, 0.1) is 13.2 Å². The summed E-state index contributed by atoms with van der Waals surface area (Å²) < 4.78 is 5.13. The smallest absolute Gasteiger partial charge is 0.220 e. The zero-order valence-electron chi connectivity index (χ0n) is 13.1. The molecule has 1 atom stereocenters. The Morgan fingerprint density at radius 1 is 1.17 bits per heavy atom. The van der Waals surface area contributed by atoms with Crippen LogP contribution in [-0.2, 0) is 11.2 Å². The normalized spacial score (nSPS) is 11.8. The average Bonchev–Trinajstić information content (AvgIpc) is 2.54. The van der Waals surface area contributed by atoms with Crippen LogP contribution < -0.4 is 10.1 Å². The molecule has 2 aromatic rings. The molecule has 0 radical (unpaired) electrons. The number of hydrogen-bond acceptors (Lipinski definition) is 2. The van der Waals surface area contributed by atoms with E-state index >= 15 is 0 Å². The first-order valence-electron chi connectivity index (χ1n) is 7.37. The lowest BCUT2D eigenvalue weighted by molar-refractivity contribution is -0.121. The van der Waals surface area contributed by atoms with Crippen molar-refractivity contribution in [2.75, 3.05) is 7.11 Å². The fraction of sp³-hybridized carbons (Fsp3) is 0.278. The van der Waals surface area contributed by atoms with Crippen molar-refractivity contribution in [2.45, 2.75) is 25.8 Å². The van der Waals surface area contributed by atoms with Gasteiger partial charge in [0.1, 0.15) is 5.75 Å². The SMILES string of the molecule is COc1ccc(C(C)NC(=O)CCc2ccc(Cl)cc2Cl)cc1. The minimum Gasteiger partial charge on any atom is -0.497 e. The number of ether oxygens (including phenoxy) is 1. The lowest BCUT2D eigenvalue weighted by Gasteiger charge is -2.15. The summed E-state index contributed by atoms with van der Waals surface area (Å²) in [6, 6.07) is 12.9. The van der Waals surface area contributed by atoms with Crippen LogP contribution >= 0.6 is 23.2 Å². The largest absolute Gasteiger partial charge is 0.497 e. The Morgan fingerprint density at radius 3 is 2.48 bits per heavy atom. The molecule has 23 heavy (non-hydrogen) atoms. The second-order valence-corrected chi connectivity index (χ2v) is 6.14. The van der Waals surface area contributed by atoms with Gasteiger partial charge < -0.3 is 10.1 Å². The molecule has 3 nitrogen and oxygen atoms in total. The third-order valence-electron chi connectivity index (χ3n) is 3.63. The van der Waals surface area contributed by atoms with Crippen LogP contribution in [0.5, 0.6) is 5.75 Å². The molecule has 1 N–H and O–H groups in total. The van der Waals surface area contributed by atoms with Crippen molar-refractivity contribution < 1.29 is 9.53 Å². The first kappa shape index (κ1) is 17.6. The van der Waals surface area contributed by atoms with Gasteiger partial charge in [0.15, 0.2) is 0 Å². The minimum atomic E-state index is -0.0610. The van der Waals surface area contributed by atoms with E-state index in [4.69, 9.17) is 27.9 Å². The fourth-order valence-corrected chi connectivity index (χ4v) is 2.77. The molecule has 0 heterocycles. The third kappa shape index (κ3) is 5.15. The van der Waals surface area contributed by atoms with Crippen molar-refractivity contribution in [3.8, 4) is 5.75 Å². The summed E-state index contributed by atoms with van der Waals surface area (Å²) in [5, 5.41) is 4.17. The van der Waals surface area contributed by atoms with Gasteiger partial charge in [-0.25, -0.2) is 0 Å². The quantitative estimate of drug-likeness (QED) is 0.810. The number of halogens is 2.